The van der Waals surface area contributed by atoms with Crippen molar-refractivity contribution >= 4 is 23.1 Å². The summed E-state index contributed by atoms with van der Waals surface area (Å²) >= 11 is 0. The fraction of sp³-hybridized carbons (Fsp3) is 0.556. The minimum atomic E-state index is 0.114. The summed E-state index contributed by atoms with van der Waals surface area (Å²) in [5, 5.41) is 0. The van der Waals surface area contributed by atoms with Gasteiger partial charge in [-0.2, -0.15) is 4.98 Å². The molecular weight excluding hydrogens is 320 g/mol. The number of anilines is 1. The van der Waals surface area contributed by atoms with Crippen molar-refractivity contribution in [1.29, 1.82) is 0 Å². The Morgan fingerprint density at radius 3 is 2.60 bits per heavy atom. The molecule has 0 atom stereocenters. The van der Waals surface area contributed by atoms with Gasteiger partial charge < -0.3 is 23.9 Å². The second-order valence-electron chi connectivity index (χ2n) is 6.68. The summed E-state index contributed by atoms with van der Waals surface area (Å²) in [6.07, 6.45) is 1.84. The van der Waals surface area contributed by atoms with Gasteiger partial charge in [-0.05, 0) is 25.0 Å². The SMILES string of the molecule is CN(C(=O)N1CCOCC1)C1CCN(c2nc3ccccc3o2)CC1. The van der Waals surface area contributed by atoms with Crippen LogP contribution in [0.15, 0.2) is 28.7 Å². The number of morpholine rings is 1. The van der Waals surface area contributed by atoms with E-state index in [0.29, 0.717) is 32.3 Å². The molecule has 2 fully saturated rings. The number of fused-ring (bicyclic) bond motifs is 1. The quantitative estimate of drug-likeness (QED) is 0.836. The summed E-state index contributed by atoms with van der Waals surface area (Å²) in [5.74, 6) is 0. The van der Waals surface area contributed by atoms with Crippen molar-refractivity contribution in [3.63, 3.8) is 0 Å². The van der Waals surface area contributed by atoms with Crippen LogP contribution in [0.2, 0.25) is 0 Å². The van der Waals surface area contributed by atoms with E-state index in [-0.39, 0.29) is 12.1 Å². The van der Waals surface area contributed by atoms with Crippen LogP contribution >= 0.6 is 0 Å². The molecular formula is C18H24N4O3. The zero-order valence-electron chi connectivity index (χ0n) is 14.6. The summed E-state index contributed by atoms with van der Waals surface area (Å²) in [6, 6.07) is 8.88. The molecule has 0 saturated carbocycles. The molecule has 0 radical (unpaired) electrons. The summed E-state index contributed by atoms with van der Waals surface area (Å²) in [5.41, 5.74) is 1.71. The van der Waals surface area contributed by atoms with Crippen LogP contribution in [-0.4, -0.2) is 73.3 Å². The maximum absolute atomic E-state index is 12.6. The number of nitrogens with zero attached hydrogens (tertiary/aromatic N) is 4. The van der Waals surface area contributed by atoms with E-state index in [1.165, 1.54) is 0 Å². The Morgan fingerprint density at radius 2 is 1.88 bits per heavy atom. The van der Waals surface area contributed by atoms with Gasteiger partial charge in [-0.1, -0.05) is 12.1 Å². The van der Waals surface area contributed by atoms with E-state index in [2.05, 4.69) is 9.88 Å². The Bertz CT molecular complexity index is 700. The van der Waals surface area contributed by atoms with Gasteiger partial charge in [-0.15, -0.1) is 0 Å². The van der Waals surface area contributed by atoms with Crippen molar-refractivity contribution in [3.05, 3.63) is 24.3 Å². The molecule has 7 heteroatoms. The van der Waals surface area contributed by atoms with E-state index in [4.69, 9.17) is 9.15 Å². The summed E-state index contributed by atoms with van der Waals surface area (Å²) in [7, 11) is 1.91. The van der Waals surface area contributed by atoms with Crippen molar-refractivity contribution in [2.45, 2.75) is 18.9 Å². The number of piperidine rings is 1. The molecule has 134 valence electrons. The highest BCUT2D eigenvalue weighted by Crippen LogP contribution is 2.25. The Labute approximate surface area is 147 Å². The number of carbonyl (C=O) groups is 1. The van der Waals surface area contributed by atoms with Gasteiger partial charge in [-0.25, -0.2) is 4.79 Å². The number of benzene rings is 1. The number of carbonyl (C=O) groups excluding carboxylic acids is 1. The monoisotopic (exact) mass is 344 g/mol. The highest BCUT2D eigenvalue weighted by atomic mass is 16.5. The number of hydrogen-bond donors (Lipinski definition) is 0. The van der Waals surface area contributed by atoms with E-state index in [1.807, 2.05) is 41.1 Å². The van der Waals surface area contributed by atoms with Crippen LogP contribution in [0.25, 0.3) is 11.1 Å². The van der Waals surface area contributed by atoms with Crippen LogP contribution in [0.5, 0.6) is 0 Å². The first-order valence-corrected chi connectivity index (χ1v) is 8.92. The molecule has 2 aliphatic rings. The van der Waals surface area contributed by atoms with Crippen molar-refractivity contribution in [3.8, 4) is 0 Å². The first kappa shape index (κ1) is 16.2. The Kier molecular flexibility index (Phi) is 4.48. The van der Waals surface area contributed by atoms with Crippen LogP contribution in [0, 0.1) is 0 Å². The standard InChI is InChI=1S/C18H24N4O3/c1-20(18(23)22-10-12-24-13-11-22)14-6-8-21(9-7-14)17-19-15-4-2-3-5-16(15)25-17/h2-5,14H,6-13H2,1H3. The zero-order valence-corrected chi connectivity index (χ0v) is 14.6. The third-order valence-electron chi connectivity index (χ3n) is 5.15. The zero-order chi connectivity index (χ0) is 17.2. The molecule has 2 amide bonds. The molecule has 2 saturated heterocycles. The molecule has 0 unspecified atom stereocenters. The molecule has 25 heavy (non-hydrogen) atoms. The second-order valence-corrected chi connectivity index (χ2v) is 6.68. The fourth-order valence-electron chi connectivity index (χ4n) is 3.57. The average Bonchev–Trinajstić information content (AvgIpc) is 3.12. The average molecular weight is 344 g/mol. The maximum Gasteiger partial charge on any atom is 0.320 e. The first-order chi connectivity index (χ1) is 12.2. The first-order valence-electron chi connectivity index (χ1n) is 8.92. The molecule has 4 rings (SSSR count). The number of urea groups is 1. The van der Waals surface area contributed by atoms with Crippen molar-refractivity contribution in [1.82, 2.24) is 14.8 Å². The summed E-state index contributed by atoms with van der Waals surface area (Å²) in [4.78, 5) is 23.1. The van der Waals surface area contributed by atoms with Crippen LogP contribution in [-0.2, 0) is 4.74 Å². The smallest absolute Gasteiger partial charge is 0.320 e. The highest BCUT2D eigenvalue weighted by molar-refractivity contribution is 5.75. The van der Waals surface area contributed by atoms with Crippen molar-refractivity contribution in [2.24, 2.45) is 0 Å². The lowest BCUT2D eigenvalue weighted by Gasteiger charge is -2.39. The number of oxazole rings is 1. The molecule has 1 aromatic heterocycles. The highest BCUT2D eigenvalue weighted by Gasteiger charge is 2.30. The van der Waals surface area contributed by atoms with E-state index in [0.717, 1.165) is 37.0 Å². The van der Waals surface area contributed by atoms with Crippen LogP contribution in [0.1, 0.15) is 12.8 Å². The molecule has 1 aromatic carbocycles. The minimum Gasteiger partial charge on any atom is -0.423 e. The van der Waals surface area contributed by atoms with Crippen molar-refractivity contribution in [2.75, 3.05) is 51.3 Å². The maximum atomic E-state index is 12.6. The lowest BCUT2D eigenvalue weighted by Crippen LogP contribution is -2.52. The minimum absolute atomic E-state index is 0.114. The normalized spacial score (nSPS) is 19.4. The Balaban J connectivity index is 1.36. The molecule has 7 nitrogen and oxygen atoms in total. The Hall–Kier alpha value is -2.28. The van der Waals surface area contributed by atoms with Crippen LogP contribution < -0.4 is 4.90 Å². The number of ether oxygens (including phenoxy) is 1. The lowest BCUT2D eigenvalue weighted by molar-refractivity contribution is 0.0409. The predicted molar refractivity (Wildman–Crippen MR) is 94.8 cm³/mol. The largest absolute Gasteiger partial charge is 0.423 e. The van der Waals surface area contributed by atoms with E-state index in [9.17, 15) is 4.79 Å². The van der Waals surface area contributed by atoms with Gasteiger partial charge in [0.25, 0.3) is 6.01 Å². The molecule has 0 aliphatic carbocycles. The third kappa shape index (κ3) is 3.28. The molecule has 2 aromatic rings. The molecule has 3 heterocycles. The van der Waals surface area contributed by atoms with Gasteiger partial charge in [0.2, 0.25) is 0 Å². The van der Waals surface area contributed by atoms with Gasteiger partial charge >= 0.3 is 6.03 Å². The summed E-state index contributed by atoms with van der Waals surface area (Å²) < 4.78 is 11.2. The van der Waals surface area contributed by atoms with Gasteiger partial charge in [-0.3, -0.25) is 0 Å². The van der Waals surface area contributed by atoms with Crippen LogP contribution in [0.4, 0.5) is 10.8 Å². The van der Waals surface area contributed by atoms with Crippen LogP contribution in [0.3, 0.4) is 0 Å². The molecule has 0 spiro atoms. The van der Waals surface area contributed by atoms with Gasteiger partial charge in [0.05, 0.1) is 13.2 Å². The van der Waals surface area contributed by atoms with Crippen molar-refractivity contribution < 1.29 is 13.9 Å². The number of hydrogen-bond acceptors (Lipinski definition) is 5. The third-order valence-corrected chi connectivity index (χ3v) is 5.15. The fourth-order valence-corrected chi connectivity index (χ4v) is 3.57. The molecule has 2 aliphatic heterocycles. The van der Waals surface area contributed by atoms with E-state index < -0.39 is 0 Å². The summed E-state index contributed by atoms with van der Waals surface area (Å²) in [6.45, 7) is 4.33. The second kappa shape index (κ2) is 6.92. The Morgan fingerprint density at radius 1 is 1.16 bits per heavy atom. The lowest BCUT2D eigenvalue weighted by atomic mass is 10.0. The predicted octanol–water partition coefficient (Wildman–Crippen LogP) is 2.18. The van der Waals surface area contributed by atoms with E-state index >= 15 is 0 Å². The number of rotatable bonds is 2. The number of amides is 2. The number of para-hydroxylation sites is 2. The molecule has 0 bridgehead atoms. The topological polar surface area (TPSA) is 62.1 Å². The van der Waals surface area contributed by atoms with Gasteiger partial charge in [0.1, 0.15) is 5.52 Å². The van der Waals surface area contributed by atoms with Gasteiger partial charge in [0.15, 0.2) is 5.58 Å². The number of aromatic nitrogens is 1. The molecule has 0 N–H and O–H groups in total. The van der Waals surface area contributed by atoms with Gasteiger partial charge in [0, 0.05) is 39.3 Å². The van der Waals surface area contributed by atoms with E-state index in [1.54, 1.807) is 0 Å².